The molecule has 0 aliphatic rings. The Hall–Kier alpha value is -1.47. The fourth-order valence-electron chi connectivity index (χ4n) is 1.75. The van der Waals surface area contributed by atoms with Crippen LogP contribution in [0.15, 0.2) is 46.1 Å². The van der Waals surface area contributed by atoms with Crippen LogP contribution in [0.1, 0.15) is 5.69 Å². The Morgan fingerprint density at radius 1 is 1.16 bits per heavy atom. The highest BCUT2D eigenvalue weighted by molar-refractivity contribution is 9.10. The Morgan fingerprint density at radius 2 is 2.05 bits per heavy atom. The molecule has 3 heterocycles. The molecule has 0 radical (unpaired) electrons. The molecule has 0 unspecified atom stereocenters. The van der Waals surface area contributed by atoms with Crippen molar-refractivity contribution in [1.29, 1.82) is 0 Å². The van der Waals surface area contributed by atoms with E-state index in [4.69, 9.17) is 0 Å². The maximum atomic E-state index is 4.31. The van der Waals surface area contributed by atoms with Gasteiger partial charge < -0.3 is 5.32 Å². The summed E-state index contributed by atoms with van der Waals surface area (Å²) in [6.07, 6.45) is 7.21. The summed E-state index contributed by atoms with van der Waals surface area (Å²) < 4.78 is 3.57. The Labute approximate surface area is 126 Å². The molecule has 0 aromatic carbocycles. The lowest BCUT2D eigenvalue weighted by molar-refractivity contribution is 0.980. The minimum atomic E-state index is 0.655. The summed E-state index contributed by atoms with van der Waals surface area (Å²) in [5, 5.41) is 3.32. The maximum Gasteiger partial charge on any atom is 0.155 e. The maximum absolute atomic E-state index is 4.31. The molecule has 0 spiro atoms. The fraction of sp³-hybridized carbons (Fsp3) is 0.0833. The van der Waals surface area contributed by atoms with E-state index in [1.54, 1.807) is 12.4 Å². The summed E-state index contributed by atoms with van der Waals surface area (Å²) in [6.45, 7) is 0.655. The highest BCUT2D eigenvalue weighted by Crippen LogP contribution is 2.19. The minimum Gasteiger partial charge on any atom is -0.377 e. The predicted octanol–water partition coefficient (Wildman–Crippen LogP) is 3.26. The zero-order valence-corrected chi connectivity index (χ0v) is 12.9. The lowest BCUT2D eigenvalue weighted by Crippen LogP contribution is -2.03. The molecule has 1 N–H and O–H groups in total. The number of halogens is 2. The molecule has 3 aromatic heterocycles. The topological polar surface area (TPSA) is 55.1 Å². The smallest absolute Gasteiger partial charge is 0.155 e. The van der Waals surface area contributed by atoms with Crippen molar-refractivity contribution >= 4 is 43.2 Å². The molecule has 0 saturated carbocycles. The number of anilines is 1. The van der Waals surface area contributed by atoms with E-state index in [-0.39, 0.29) is 0 Å². The number of pyridine rings is 1. The van der Waals surface area contributed by atoms with Crippen LogP contribution < -0.4 is 5.32 Å². The Bertz CT molecular complexity index is 725. The first kappa shape index (κ1) is 12.6. The van der Waals surface area contributed by atoms with Crippen LogP contribution in [0.2, 0.25) is 0 Å². The third-order valence-electron chi connectivity index (χ3n) is 2.66. The number of fused-ring (bicyclic) bond motifs is 1. The average Bonchev–Trinajstić information content (AvgIpc) is 2.80. The highest BCUT2D eigenvalue weighted by Gasteiger charge is 2.05. The van der Waals surface area contributed by atoms with Crippen molar-refractivity contribution < 1.29 is 0 Å². The van der Waals surface area contributed by atoms with E-state index in [9.17, 15) is 0 Å². The molecule has 3 aromatic rings. The quantitative estimate of drug-likeness (QED) is 0.706. The Balaban J connectivity index is 1.86. The lowest BCUT2D eigenvalue weighted by atomic mass is 10.4. The van der Waals surface area contributed by atoms with Crippen molar-refractivity contribution in [2.24, 2.45) is 0 Å². The van der Waals surface area contributed by atoms with E-state index in [0.29, 0.717) is 6.54 Å². The van der Waals surface area contributed by atoms with Gasteiger partial charge in [0, 0.05) is 12.4 Å². The zero-order valence-electron chi connectivity index (χ0n) is 9.72. The van der Waals surface area contributed by atoms with E-state index in [0.717, 1.165) is 26.2 Å². The molecule has 19 heavy (non-hydrogen) atoms. The van der Waals surface area contributed by atoms with Gasteiger partial charge in [0.25, 0.3) is 0 Å². The molecule has 96 valence electrons. The van der Waals surface area contributed by atoms with Crippen molar-refractivity contribution in [2.45, 2.75) is 6.54 Å². The van der Waals surface area contributed by atoms with E-state index in [1.807, 2.05) is 28.9 Å². The summed E-state index contributed by atoms with van der Waals surface area (Å²) in [7, 11) is 0. The fourth-order valence-corrected chi connectivity index (χ4v) is 2.45. The molecule has 0 atom stereocenters. The molecule has 7 heteroatoms. The lowest BCUT2D eigenvalue weighted by Gasteiger charge is -2.07. The number of rotatable bonds is 3. The monoisotopic (exact) mass is 381 g/mol. The second-order valence-corrected chi connectivity index (χ2v) is 5.45. The van der Waals surface area contributed by atoms with Crippen molar-refractivity contribution in [3.05, 3.63) is 51.8 Å². The molecule has 0 saturated heterocycles. The molecule has 0 amide bonds. The van der Waals surface area contributed by atoms with Gasteiger partial charge in [-0.05, 0) is 44.0 Å². The van der Waals surface area contributed by atoms with Gasteiger partial charge in [-0.1, -0.05) is 0 Å². The Morgan fingerprint density at radius 3 is 2.89 bits per heavy atom. The minimum absolute atomic E-state index is 0.655. The first-order chi connectivity index (χ1) is 9.24. The van der Waals surface area contributed by atoms with Crippen molar-refractivity contribution in [3.63, 3.8) is 0 Å². The van der Waals surface area contributed by atoms with Crippen LogP contribution in [0.3, 0.4) is 0 Å². The van der Waals surface area contributed by atoms with Crippen molar-refractivity contribution in [2.75, 3.05) is 5.32 Å². The third kappa shape index (κ3) is 2.62. The first-order valence-corrected chi connectivity index (χ1v) is 7.14. The molecule has 0 aliphatic carbocycles. The number of aromatic nitrogens is 4. The first-order valence-electron chi connectivity index (χ1n) is 5.56. The van der Waals surface area contributed by atoms with Gasteiger partial charge in [0.15, 0.2) is 5.65 Å². The predicted molar refractivity (Wildman–Crippen MR) is 80.0 cm³/mol. The van der Waals surface area contributed by atoms with Crippen LogP contribution in [-0.2, 0) is 6.54 Å². The normalized spacial score (nSPS) is 10.8. The second kappa shape index (κ2) is 5.26. The summed E-state index contributed by atoms with van der Waals surface area (Å²) >= 11 is 6.77. The van der Waals surface area contributed by atoms with E-state index in [1.165, 1.54) is 0 Å². The highest BCUT2D eigenvalue weighted by atomic mass is 79.9. The summed E-state index contributed by atoms with van der Waals surface area (Å²) in [4.78, 5) is 12.6. The van der Waals surface area contributed by atoms with Gasteiger partial charge in [-0.25, -0.2) is 15.0 Å². The van der Waals surface area contributed by atoms with Crippen LogP contribution in [0.4, 0.5) is 5.69 Å². The van der Waals surface area contributed by atoms with Gasteiger partial charge in [0.1, 0.15) is 9.21 Å². The van der Waals surface area contributed by atoms with Crippen LogP contribution in [0.25, 0.3) is 5.65 Å². The van der Waals surface area contributed by atoms with E-state index >= 15 is 0 Å². The van der Waals surface area contributed by atoms with Crippen molar-refractivity contribution in [1.82, 2.24) is 19.4 Å². The SMILES string of the molecule is Brc1cn2c(CNc3cccnc3Br)cnc2cn1. The van der Waals surface area contributed by atoms with Gasteiger partial charge in [0.2, 0.25) is 0 Å². The Kier molecular flexibility index (Phi) is 3.48. The zero-order chi connectivity index (χ0) is 13.2. The summed E-state index contributed by atoms with van der Waals surface area (Å²) in [5.41, 5.74) is 2.82. The largest absolute Gasteiger partial charge is 0.377 e. The standard InChI is InChI=1S/C12H9Br2N5/c13-10-7-19-8(5-18-11(19)6-17-10)4-16-9-2-1-3-15-12(9)14/h1-3,5-7,16H,4H2. The number of nitrogens with one attached hydrogen (secondary N) is 1. The molecule has 3 rings (SSSR count). The van der Waals surface area contributed by atoms with Gasteiger partial charge in [0.05, 0.1) is 30.3 Å². The average molecular weight is 383 g/mol. The van der Waals surface area contributed by atoms with Crippen LogP contribution in [0, 0.1) is 0 Å². The number of imidazole rings is 1. The number of hydrogen-bond acceptors (Lipinski definition) is 4. The molecule has 0 fully saturated rings. The number of nitrogens with zero attached hydrogens (tertiary/aromatic N) is 4. The van der Waals surface area contributed by atoms with Gasteiger partial charge in [-0.15, -0.1) is 0 Å². The second-order valence-electron chi connectivity index (χ2n) is 3.88. The molecule has 5 nitrogen and oxygen atoms in total. The van der Waals surface area contributed by atoms with E-state index < -0.39 is 0 Å². The van der Waals surface area contributed by atoms with Crippen molar-refractivity contribution in [3.8, 4) is 0 Å². The van der Waals surface area contributed by atoms with E-state index in [2.05, 4.69) is 52.1 Å². The molecular formula is C12H9Br2N5. The van der Waals surface area contributed by atoms with Crippen LogP contribution in [0.5, 0.6) is 0 Å². The summed E-state index contributed by atoms with van der Waals surface area (Å²) in [5.74, 6) is 0. The number of hydrogen-bond donors (Lipinski definition) is 1. The third-order valence-corrected chi connectivity index (χ3v) is 3.70. The van der Waals surface area contributed by atoms with Gasteiger partial charge >= 0.3 is 0 Å². The van der Waals surface area contributed by atoms with Gasteiger partial charge in [-0.3, -0.25) is 4.40 Å². The molecular weight excluding hydrogens is 374 g/mol. The molecule has 0 bridgehead atoms. The van der Waals surface area contributed by atoms with Crippen LogP contribution >= 0.6 is 31.9 Å². The summed E-state index contributed by atoms with van der Waals surface area (Å²) in [6, 6.07) is 3.86. The van der Waals surface area contributed by atoms with Crippen LogP contribution in [-0.4, -0.2) is 19.4 Å². The van der Waals surface area contributed by atoms with Gasteiger partial charge in [-0.2, -0.15) is 0 Å². The molecule has 0 aliphatic heterocycles.